The largest absolute Gasteiger partial charge is 0.496 e. The van der Waals surface area contributed by atoms with Gasteiger partial charge >= 0.3 is 0 Å². The van der Waals surface area contributed by atoms with Crippen LogP contribution in [0.4, 0.5) is 4.39 Å². The van der Waals surface area contributed by atoms with E-state index in [-0.39, 0.29) is 11.0 Å². The summed E-state index contributed by atoms with van der Waals surface area (Å²) >= 11 is 1.14. The molecule has 3 nitrogen and oxygen atoms in total. The van der Waals surface area contributed by atoms with Gasteiger partial charge < -0.3 is 10.5 Å². The number of nitrogens with two attached hydrogens (primary N) is 1. The number of nitrogens with one attached hydrogen (secondary N) is 1. The summed E-state index contributed by atoms with van der Waals surface area (Å²) in [6.45, 7) is 0. The predicted octanol–water partition coefficient (Wildman–Crippen LogP) is 1.96. The van der Waals surface area contributed by atoms with Gasteiger partial charge in [-0.05, 0) is 18.2 Å². The van der Waals surface area contributed by atoms with Crippen LogP contribution in [0.1, 0.15) is 5.56 Å². The van der Waals surface area contributed by atoms with Crippen molar-refractivity contribution in [2.24, 2.45) is 5.73 Å². The van der Waals surface area contributed by atoms with Crippen LogP contribution in [-0.2, 0) is 5.75 Å². The molecule has 0 spiro atoms. The Kier molecular flexibility index (Phi) is 3.76. The Morgan fingerprint density at radius 3 is 2.93 bits per heavy atom. The Labute approximate surface area is 86.0 Å². The average Bonchev–Trinajstić information content (AvgIpc) is 2.15. The van der Waals surface area contributed by atoms with Crippen LogP contribution in [-0.4, -0.2) is 12.3 Å². The summed E-state index contributed by atoms with van der Waals surface area (Å²) in [5.41, 5.74) is 5.88. The SMILES string of the molecule is COc1ccc(F)cc1CSC(=N)N. The molecule has 3 N–H and O–H groups in total. The second-order valence-corrected chi connectivity index (χ2v) is 3.63. The highest BCUT2D eigenvalue weighted by Crippen LogP contribution is 2.23. The van der Waals surface area contributed by atoms with Crippen molar-refractivity contribution in [1.29, 1.82) is 5.41 Å². The lowest BCUT2D eigenvalue weighted by Gasteiger charge is -2.07. The van der Waals surface area contributed by atoms with Gasteiger partial charge in [0.1, 0.15) is 11.6 Å². The van der Waals surface area contributed by atoms with Gasteiger partial charge in [-0.15, -0.1) is 0 Å². The van der Waals surface area contributed by atoms with E-state index < -0.39 is 0 Å². The van der Waals surface area contributed by atoms with Crippen LogP contribution in [0.3, 0.4) is 0 Å². The van der Waals surface area contributed by atoms with E-state index in [0.29, 0.717) is 17.1 Å². The Balaban J connectivity index is 2.82. The summed E-state index contributed by atoms with van der Waals surface area (Å²) in [6.07, 6.45) is 0. The summed E-state index contributed by atoms with van der Waals surface area (Å²) in [5, 5.41) is 7.04. The first-order valence-electron chi connectivity index (χ1n) is 3.92. The van der Waals surface area contributed by atoms with E-state index in [2.05, 4.69) is 0 Å². The molecule has 0 bridgehead atoms. The van der Waals surface area contributed by atoms with Crippen molar-refractivity contribution in [1.82, 2.24) is 0 Å². The van der Waals surface area contributed by atoms with Crippen molar-refractivity contribution in [2.75, 3.05) is 7.11 Å². The summed E-state index contributed by atoms with van der Waals surface area (Å²) in [7, 11) is 1.52. The number of amidine groups is 1. The van der Waals surface area contributed by atoms with Gasteiger partial charge in [0.05, 0.1) is 7.11 Å². The van der Waals surface area contributed by atoms with Crippen LogP contribution in [0.5, 0.6) is 5.75 Å². The monoisotopic (exact) mass is 214 g/mol. The highest BCUT2D eigenvalue weighted by atomic mass is 32.2. The number of rotatable bonds is 3. The first kappa shape index (κ1) is 10.8. The second kappa shape index (κ2) is 4.85. The molecule has 0 atom stereocenters. The third-order valence-corrected chi connectivity index (χ3v) is 2.39. The smallest absolute Gasteiger partial charge is 0.151 e. The first-order chi connectivity index (χ1) is 6.63. The molecular formula is C9H11FN2OS. The van der Waals surface area contributed by atoms with E-state index in [1.807, 2.05) is 0 Å². The third-order valence-electron chi connectivity index (χ3n) is 1.63. The van der Waals surface area contributed by atoms with Crippen LogP contribution in [0.25, 0.3) is 0 Å². The zero-order chi connectivity index (χ0) is 10.6. The Morgan fingerprint density at radius 2 is 2.36 bits per heavy atom. The van der Waals surface area contributed by atoms with Crippen molar-refractivity contribution in [3.63, 3.8) is 0 Å². The molecule has 0 amide bonds. The first-order valence-corrected chi connectivity index (χ1v) is 4.91. The van der Waals surface area contributed by atoms with Crippen molar-refractivity contribution < 1.29 is 9.13 Å². The molecule has 0 unspecified atom stereocenters. The van der Waals surface area contributed by atoms with Crippen LogP contribution >= 0.6 is 11.8 Å². The molecule has 76 valence electrons. The fourth-order valence-electron chi connectivity index (χ4n) is 1.02. The summed E-state index contributed by atoms with van der Waals surface area (Å²) in [5.74, 6) is 0.737. The van der Waals surface area contributed by atoms with Crippen molar-refractivity contribution in [3.05, 3.63) is 29.6 Å². The van der Waals surface area contributed by atoms with Crippen LogP contribution < -0.4 is 10.5 Å². The lowest BCUT2D eigenvalue weighted by Crippen LogP contribution is -2.04. The maximum atomic E-state index is 12.9. The molecule has 0 aromatic heterocycles. The van der Waals surface area contributed by atoms with Crippen LogP contribution in [0, 0.1) is 11.2 Å². The quantitative estimate of drug-likeness (QED) is 0.597. The van der Waals surface area contributed by atoms with Gasteiger partial charge in [0.25, 0.3) is 0 Å². The number of ether oxygens (including phenoxy) is 1. The van der Waals surface area contributed by atoms with E-state index in [9.17, 15) is 4.39 Å². The summed E-state index contributed by atoms with van der Waals surface area (Å²) < 4.78 is 17.9. The number of methoxy groups -OCH3 is 1. The average molecular weight is 214 g/mol. The van der Waals surface area contributed by atoms with Crippen LogP contribution in [0.15, 0.2) is 18.2 Å². The van der Waals surface area contributed by atoms with Gasteiger partial charge in [-0.1, -0.05) is 11.8 Å². The molecule has 0 aliphatic carbocycles. The molecule has 0 saturated carbocycles. The molecule has 0 aliphatic heterocycles. The van der Waals surface area contributed by atoms with Crippen molar-refractivity contribution in [3.8, 4) is 5.75 Å². The normalized spacial score (nSPS) is 9.86. The number of hydrogen-bond acceptors (Lipinski definition) is 3. The fourth-order valence-corrected chi connectivity index (χ4v) is 1.55. The third kappa shape index (κ3) is 2.92. The van der Waals surface area contributed by atoms with E-state index in [4.69, 9.17) is 15.9 Å². The predicted molar refractivity (Wildman–Crippen MR) is 56.2 cm³/mol. The number of benzene rings is 1. The van der Waals surface area contributed by atoms with E-state index in [1.54, 1.807) is 6.07 Å². The molecule has 1 aromatic carbocycles. The molecule has 5 heteroatoms. The summed E-state index contributed by atoms with van der Waals surface area (Å²) in [4.78, 5) is 0. The zero-order valence-corrected chi connectivity index (χ0v) is 8.53. The highest BCUT2D eigenvalue weighted by Gasteiger charge is 2.05. The minimum atomic E-state index is -0.315. The van der Waals surface area contributed by atoms with E-state index >= 15 is 0 Å². The van der Waals surface area contributed by atoms with E-state index in [1.165, 1.54) is 19.2 Å². The second-order valence-electron chi connectivity index (χ2n) is 2.61. The lowest BCUT2D eigenvalue weighted by molar-refractivity contribution is 0.410. The molecule has 14 heavy (non-hydrogen) atoms. The molecule has 0 heterocycles. The van der Waals surface area contributed by atoms with E-state index in [0.717, 1.165) is 11.8 Å². The van der Waals surface area contributed by atoms with Crippen molar-refractivity contribution in [2.45, 2.75) is 5.75 Å². The standard InChI is InChI=1S/C9H11FN2OS/c1-13-8-3-2-7(10)4-6(8)5-14-9(11)12/h2-4H,5H2,1H3,(H3,11,12). The maximum Gasteiger partial charge on any atom is 0.151 e. The number of thioether (sulfide) groups is 1. The topological polar surface area (TPSA) is 59.1 Å². The molecule has 0 fully saturated rings. The Hall–Kier alpha value is -1.23. The van der Waals surface area contributed by atoms with Crippen molar-refractivity contribution >= 4 is 16.9 Å². The maximum absolute atomic E-state index is 12.9. The van der Waals surface area contributed by atoms with Gasteiger partial charge in [-0.2, -0.15) is 0 Å². The van der Waals surface area contributed by atoms with Gasteiger partial charge in [0.2, 0.25) is 0 Å². The fraction of sp³-hybridized carbons (Fsp3) is 0.222. The minimum Gasteiger partial charge on any atom is -0.496 e. The zero-order valence-electron chi connectivity index (χ0n) is 7.71. The highest BCUT2D eigenvalue weighted by molar-refractivity contribution is 8.13. The lowest BCUT2D eigenvalue weighted by atomic mass is 10.2. The van der Waals surface area contributed by atoms with Gasteiger partial charge in [-0.3, -0.25) is 5.41 Å². The summed E-state index contributed by atoms with van der Waals surface area (Å²) in [6, 6.07) is 4.28. The molecule has 1 rings (SSSR count). The number of hydrogen-bond donors (Lipinski definition) is 2. The van der Waals surface area contributed by atoms with Gasteiger partial charge in [-0.25, -0.2) is 4.39 Å². The van der Waals surface area contributed by atoms with Crippen LogP contribution in [0.2, 0.25) is 0 Å². The number of halogens is 1. The van der Waals surface area contributed by atoms with Gasteiger partial charge in [0, 0.05) is 11.3 Å². The minimum absolute atomic E-state index is 0.0105. The molecular weight excluding hydrogens is 203 g/mol. The molecule has 0 radical (unpaired) electrons. The Bertz CT molecular complexity index is 344. The molecule has 0 saturated heterocycles. The Morgan fingerprint density at radius 1 is 1.64 bits per heavy atom. The molecule has 1 aromatic rings. The molecule has 0 aliphatic rings. The van der Waals surface area contributed by atoms with Gasteiger partial charge in [0.15, 0.2) is 5.17 Å².